The molecular weight excluding hydrogens is 223 g/mol. The van der Waals surface area contributed by atoms with Crippen molar-refractivity contribution < 1.29 is 40.9 Å². The smallest absolute Gasteiger partial charge is 0.314 e. The molecule has 3 nitrogen and oxygen atoms in total. The molecule has 60 valence electrons. The van der Waals surface area contributed by atoms with Crippen molar-refractivity contribution in [1.29, 1.82) is 0 Å². The van der Waals surface area contributed by atoms with Gasteiger partial charge in [-0.2, -0.15) is 0 Å². The standard InChI is InChI=1S/C7H10O3.Zr/c1-3-4-6(5(2)8)7(9)10;/h3,6H,1,4H2,2H3,(H,9,10);. The van der Waals surface area contributed by atoms with E-state index in [1.165, 1.54) is 13.0 Å². The number of carbonyl (C=O) groups excluding carboxylic acids is 1. The number of Topliss-reactive ketones (excluding diaryl/α,β-unsaturated/α-hetero) is 1. The van der Waals surface area contributed by atoms with Crippen molar-refractivity contribution in [3.8, 4) is 0 Å². The third-order valence-electron chi connectivity index (χ3n) is 1.19. The SMILES string of the molecule is C=CCC(C(C)=O)C(=O)O.[Zr]. The molecule has 0 rings (SSSR count). The predicted molar refractivity (Wildman–Crippen MR) is 36.6 cm³/mol. The molecule has 0 spiro atoms. The van der Waals surface area contributed by atoms with E-state index < -0.39 is 11.9 Å². The fourth-order valence-electron chi connectivity index (χ4n) is 0.607. The monoisotopic (exact) mass is 232 g/mol. The molecule has 0 amide bonds. The van der Waals surface area contributed by atoms with Gasteiger partial charge < -0.3 is 5.11 Å². The quantitative estimate of drug-likeness (QED) is 0.578. The maximum Gasteiger partial charge on any atom is 0.314 e. The first kappa shape index (κ1) is 13.4. The van der Waals surface area contributed by atoms with Crippen LogP contribution in [-0.4, -0.2) is 16.9 Å². The van der Waals surface area contributed by atoms with E-state index in [4.69, 9.17) is 5.11 Å². The van der Waals surface area contributed by atoms with Gasteiger partial charge in [0.1, 0.15) is 11.7 Å². The molecule has 0 aliphatic rings. The molecule has 0 aromatic heterocycles. The van der Waals surface area contributed by atoms with Gasteiger partial charge in [-0.3, -0.25) is 9.59 Å². The summed E-state index contributed by atoms with van der Waals surface area (Å²) in [6.45, 7) is 4.62. The Bertz CT molecular complexity index is 151. The van der Waals surface area contributed by atoms with Crippen molar-refractivity contribution in [2.45, 2.75) is 13.3 Å². The summed E-state index contributed by atoms with van der Waals surface area (Å²) in [5.41, 5.74) is 0. The third-order valence-corrected chi connectivity index (χ3v) is 1.19. The minimum atomic E-state index is -1.08. The Balaban J connectivity index is 0. The van der Waals surface area contributed by atoms with Crippen molar-refractivity contribution in [2.24, 2.45) is 5.92 Å². The molecule has 1 N–H and O–H groups in total. The zero-order valence-electron chi connectivity index (χ0n) is 6.33. The van der Waals surface area contributed by atoms with Crippen LogP contribution in [0.4, 0.5) is 0 Å². The topological polar surface area (TPSA) is 54.4 Å². The van der Waals surface area contributed by atoms with Crippen molar-refractivity contribution in [2.75, 3.05) is 0 Å². The predicted octanol–water partition coefficient (Wildman–Crippen LogP) is 0.850. The molecule has 1 atom stereocenters. The van der Waals surface area contributed by atoms with Gasteiger partial charge in [-0.25, -0.2) is 0 Å². The molecule has 0 fully saturated rings. The maximum absolute atomic E-state index is 10.5. The first-order valence-electron chi connectivity index (χ1n) is 2.93. The van der Waals surface area contributed by atoms with E-state index in [9.17, 15) is 9.59 Å². The first-order valence-corrected chi connectivity index (χ1v) is 2.93. The van der Waals surface area contributed by atoms with Gasteiger partial charge in [0.15, 0.2) is 0 Å². The van der Waals surface area contributed by atoms with Crippen molar-refractivity contribution in [1.82, 2.24) is 0 Å². The average molecular weight is 233 g/mol. The van der Waals surface area contributed by atoms with Crippen LogP contribution in [0.3, 0.4) is 0 Å². The largest absolute Gasteiger partial charge is 0.481 e. The molecule has 0 saturated heterocycles. The fourth-order valence-corrected chi connectivity index (χ4v) is 0.607. The van der Waals surface area contributed by atoms with Gasteiger partial charge >= 0.3 is 5.97 Å². The zero-order chi connectivity index (χ0) is 8.15. The van der Waals surface area contributed by atoms with E-state index in [1.807, 2.05) is 0 Å². The number of ketones is 1. The summed E-state index contributed by atoms with van der Waals surface area (Å²) in [6.07, 6.45) is 1.64. The van der Waals surface area contributed by atoms with Crippen LogP contribution < -0.4 is 0 Å². The van der Waals surface area contributed by atoms with Gasteiger partial charge in [0.05, 0.1) is 0 Å². The van der Waals surface area contributed by atoms with Crippen molar-refractivity contribution in [3.63, 3.8) is 0 Å². The summed E-state index contributed by atoms with van der Waals surface area (Å²) < 4.78 is 0. The van der Waals surface area contributed by atoms with Crippen molar-refractivity contribution in [3.05, 3.63) is 12.7 Å². The zero-order valence-corrected chi connectivity index (χ0v) is 8.79. The Morgan fingerprint density at radius 3 is 2.18 bits per heavy atom. The Hall–Kier alpha value is -0.237. The normalized spacial score (nSPS) is 11.0. The number of carboxylic acids is 1. The third kappa shape index (κ3) is 5.08. The van der Waals surface area contributed by atoms with Gasteiger partial charge in [0, 0.05) is 26.2 Å². The Kier molecular flexibility index (Phi) is 7.86. The Labute approximate surface area is 84.6 Å². The summed E-state index contributed by atoms with van der Waals surface area (Å²) >= 11 is 0. The van der Waals surface area contributed by atoms with Gasteiger partial charge in [-0.15, -0.1) is 6.58 Å². The average Bonchev–Trinajstić information content (AvgIpc) is 1.81. The second kappa shape index (κ2) is 6.47. The number of hydrogen-bond donors (Lipinski definition) is 1. The Morgan fingerprint density at radius 2 is 2.09 bits per heavy atom. The van der Waals surface area contributed by atoms with Crippen LogP contribution in [0.15, 0.2) is 12.7 Å². The molecule has 0 heterocycles. The molecule has 0 bridgehead atoms. The molecule has 0 aliphatic heterocycles. The molecule has 0 saturated carbocycles. The molecule has 0 aromatic rings. The van der Waals surface area contributed by atoms with Gasteiger partial charge in [0.2, 0.25) is 0 Å². The van der Waals surface area contributed by atoms with Crippen LogP contribution in [0.2, 0.25) is 0 Å². The number of aliphatic carboxylic acids is 1. The molecule has 0 radical (unpaired) electrons. The van der Waals surface area contributed by atoms with Gasteiger partial charge in [-0.1, -0.05) is 6.08 Å². The van der Waals surface area contributed by atoms with Crippen LogP contribution >= 0.6 is 0 Å². The summed E-state index contributed by atoms with van der Waals surface area (Å²) in [4.78, 5) is 20.8. The fraction of sp³-hybridized carbons (Fsp3) is 0.429. The maximum atomic E-state index is 10.5. The summed E-state index contributed by atoms with van der Waals surface area (Å²) in [6, 6.07) is 0. The molecule has 0 aliphatic carbocycles. The summed E-state index contributed by atoms with van der Waals surface area (Å²) in [5.74, 6) is -2.31. The number of allylic oxidation sites excluding steroid dienone is 1. The van der Waals surface area contributed by atoms with E-state index in [1.54, 1.807) is 0 Å². The summed E-state index contributed by atoms with van der Waals surface area (Å²) in [5, 5.41) is 8.41. The summed E-state index contributed by atoms with van der Waals surface area (Å²) in [7, 11) is 0. The van der Waals surface area contributed by atoms with Gasteiger partial charge in [-0.05, 0) is 13.3 Å². The number of hydrogen-bond acceptors (Lipinski definition) is 2. The van der Waals surface area contributed by atoms with E-state index in [0.29, 0.717) is 0 Å². The van der Waals surface area contributed by atoms with Gasteiger partial charge in [0.25, 0.3) is 0 Å². The van der Waals surface area contributed by atoms with Crippen LogP contribution in [-0.2, 0) is 35.8 Å². The van der Waals surface area contributed by atoms with Crippen LogP contribution in [0.25, 0.3) is 0 Å². The van der Waals surface area contributed by atoms with Crippen LogP contribution in [0, 0.1) is 5.92 Å². The minimum absolute atomic E-state index is 0. The van der Waals surface area contributed by atoms with Crippen molar-refractivity contribution >= 4 is 11.8 Å². The van der Waals surface area contributed by atoms with Crippen LogP contribution in [0.1, 0.15) is 13.3 Å². The Morgan fingerprint density at radius 1 is 1.64 bits per heavy atom. The minimum Gasteiger partial charge on any atom is -0.481 e. The molecule has 1 unspecified atom stereocenters. The van der Waals surface area contributed by atoms with E-state index in [2.05, 4.69) is 6.58 Å². The number of carbonyl (C=O) groups is 2. The first-order chi connectivity index (χ1) is 4.59. The second-order valence-corrected chi connectivity index (χ2v) is 2.03. The molecule has 4 heteroatoms. The molecule has 0 aromatic carbocycles. The van der Waals surface area contributed by atoms with E-state index in [0.717, 1.165) is 0 Å². The van der Waals surface area contributed by atoms with Crippen LogP contribution in [0.5, 0.6) is 0 Å². The number of carboxylic acid groups (broad SMARTS) is 1. The van der Waals surface area contributed by atoms with E-state index >= 15 is 0 Å². The second-order valence-electron chi connectivity index (χ2n) is 2.03. The number of rotatable bonds is 4. The molecular formula is C7H10O3Zr. The molecule has 11 heavy (non-hydrogen) atoms. The van der Waals surface area contributed by atoms with E-state index in [-0.39, 0.29) is 38.4 Å².